The van der Waals surface area contributed by atoms with Crippen LogP contribution in [0.5, 0.6) is 11.5 Å². The molecule has 0 aliphatic carbocycles. The van der Waals surface area contributed by atoms with Crippen molar-refractivity contribution in [3.05, 3.63) is 53.1 Å². The highest BCUT2D eigenvalue weighted by Crippen LogP contribution is 2.36. The van der Waals surface area contributed by atoms with E-state index in [4.69, 9.17) is 25.6 Å². The monoisotopic (exact) mass is 417 g/mol. The quantitative estimate of drug-likeness (QED) is 0.622. The summed E-state index contributed by atoms with van der Waals surface area (Å²) in [5, 5.41) is 4.34. The highest BCUT2D eigenvalue weighted by molar-refractivity contribution is 6.33. The summed E-state index contributed by atoms with van der Waals surface area (Å²) < 4.78 is 29.5. The van der Waals surface area contributed by atoms with E-state index in [1.165, 1.54) is 23.1 Å². The van der Waals surface area contributed by atoms with Crippen molar-refractivity contribution >= 4 is 23.2 Å². The first-order chi connectivity index (χ1) is 14.0. The third-order valence-corrected chi connectivity index (χ3v) is 5.05. The molecule has 7 nitrogen and oxygen atoms in total. The molecular formula is C20H17ClFN3O4. The molecule has 0 radical (unpaired) electrons. The van der Waals surface area contributed by atoms with Crippen LogP contribution in [0.2, 0.25) is 5.02 Å². The van der Waals surface area contributed by atoms with Crippen LogP contribution < -0.4 is 14.4 Å². The summed E-state index contributed by atoms with van der Waals surface area (Å²) in [6.07, 6.45) is 0.174. The van der Waals surface area contributed by atoms with Crippen molar-refractivity contribution in [2.75, 3.05) is 25.7 Å². The van der Waals surface area contributed by atoms with Gasteiger partial charge in [-0.1, -0.05) is 16.8 Å². The molecule has 1 atom stereocenters. The molecule has 0 bridgehead atoms. The fraction of sp³-hybridized carbons (Fsp3) is 0.250. The Morgan fingerprint density at radius 2 is 1.90 bits per heavy atom. The van der Waals surface area contributed by atoms with Crippen LogP contribution in [-0.2, 0) is 4.79 Å². The van der Waals surface area contributed by atoms with Crippen LogP contribution in [0.4, 0.5) is 10.1 Å². The predicted molar refractivity (Wildman–Crippen MR) is 104 cm³/mol. The first-order valence-corrected chi connectivity index (χ1v) is 9.18. The number of aromatic nitrogens is 2. The average Bonchev–Trinajstić information content (AvgIpc) is 3.36. The first-order valence-electron chi connectivity index (χ1n) is 8.81. The van der Waals surface area contributed by atoms with Gasteiger partial charge in [0.25, 0.3) is 5.89 Å². The summed E-state index contributed by atoms with van der Waals surface area (Å²) in [6.45, 7) is 0.280. The minimum Gasteiger partial charge on any atom is -0.497 e. The number of nitrogens with zero attached hydrogens (tertiary/aromatic N) is 3. The maximum Gasteiger partial charge on any atom is 0.258 e. The van der Waals surface area contributed by atoms with Crippen molar-refractivity contribution in [1.29, 1.82) is 0 Å². The molecule has 0 N–H and O–H groups in total. The topological polar surface area (TPSA) is 77.7 Å². The number of rotatable bonds is 5. The van der Waals surface area contributed by atoms with Gasteiger partial charge in [-0.15, -0.1) is 0 Å². The average molecular weight is 418 g/mol. The number of ether oxygens (including phenoxy) is 2. The van der Waals surface area contributed by atoms with E-state index in [2.05, 4.69) is 10.1 Å². The van der Waals surface area contributed by atoms with Crippen molar-refractivity contribution in [1.82, 2.24) is 10.1 Å². The van der Waals surface area contributed by atoms with Crippen molar-refractivity contribution in [2.45, 2.75) is 12.3 Å². The van der Waals surface area contributed by atoms with E-state index in [9.17, 15) is 9.18 Å². The van der Waals surface area contributed by atoms with E-state index in [1.807, 2.05) is 0 Å². The number of amides is 1. The van der Waals surface area contributed by atoms with Crippen LogP contribution >= 0.6 is 11.6 Å². The number of carbonyl (C=O) groups is 1. The molecule has 2 heterocycles. The van der Waals surface area contributed by atoms with Gasteiger partial charge in [-0.3, -0.25) is 4.79 Å². The van der Waals surface area contributed by atoms with Crippen molar-refractivity contribution in [3.8, 4) is 23.0 Å². The summed E-state index contributed by atoms with van der Waals surface area (Å²) in [5.41, 5.74) is 0.967. The summed E-state index contributed by atoms with van der Waals surface area (Å²) in [4.78, 5) is 18.4. The normalized spacial score (nSPS) is 16.3. The van der Waals surface area contributed by atoms with Crippen LogP contribution in [0.15, 0.2) is 40.9 Å². The number of halogens is 2. The molecule has 1 aliphatic heterocycles. The molecule has 1 unspecified atom stereocenters. The van der Waals surface area contributed by atoms with Crippen LogP contribution in [0, 0.1) is 5.82 Å². The predicted octanol–water partition coefficient (Wildman–Crippen LogP) is 4.07. The molecule has 1 saturated heterocycles. The standard InChI is InChI=1S/C20H17ClFN3O4/c1-27-14-5-11(6-15(9-14)28-2)20-23-19(24-29-20)12-7-18(26)25(10-12)17-8-13(22)3-4-16(17)21/h3-6,8-9,12H,7,10H2,1-2H3. The Labute approximate surface area is 171 Å². The van der Waals surface area contributed by atoms with Crippen LogP contribution in [0.3, 0.4) is 0 Å². The fourth-order valence-corrected chi connectivity index (χ4v) is 3.47. The Balaban J connectivity index is 1.59. The molecule has 2 aromatic carbocycles. The highest BCUT2D eigenvalue weighted by atomic mass is 35.5. The molecule has 150 valence electrons. The molecule has 9 heteroatoms. The van der Waals surface area contributed by atoms with Gasteiger partial charge in [0.2, 0.25) is 5.91 Å². The van der Waals surface area contributed by atoms with Gasteiger partial charge >= 0.3 is 0 Å². The second-order valence-corrected chi connectivity index (χ2v) is 6.97. The smallest absolute Gasteiger partial charge is 0.258 e. The molecule has 1 aliphatic rings. The number of carbonyl (C=O) groups excluding carboxylic acids is 1. The molecule has 0 spiro atoms. The SMILES string of the molecule is COc1cc(OC)cc(-c2nc(C3CC(=O)N(c4cc(F)ccc4Cl)C3)no2)c1. The van der Waals surface area contributed by atoms with Gasteiger partial charge in [-0.05, 0) is 30.3 Å². The molecule has 4 rings (SSSR count). The van der Waals surface area contributed by atoms with Crippen molar-refractivity contribution < 1.29 is 23.2 Å². The summed E-state index contributed by atoms with van der Waals surface area (Å²) >= 11 is 6.14. The maximum absolute atomic E-state index is 13.6. The summed E-state index contributed by atoms with van der Waals surface area (Å²) in [7, 11) is 3.10. The lowest BCUT2D eigenvalue weighted by Crippen LogP contribution is -2.24. The van der Waals surface area contributed by atoms with Crippen molar-refractivity contribution in [2.24, 2.45) is 0 Å². The van der Waals surface area contributed by atoms with E-state index in [0.29, 0.717) is 33.6 Å². The van der Waals surface area contributed by atoms with Gasteiger partial charge in [-0.2, -0.15) is 4.98 Å². The summed E-state index contributed by atoms with van der Waals surface area (Å²) in [5.74, 6) is 0.902. The van der Waals surface area contributed by atoms with Crippen LogP contribution in [0.1, 0.15) is 18.2 Å². The number of hydrogen-bond donors (Lipinski definition) is 0. The summed E-state index contributed by atoms with van der Waals surface area (Å²) in [6, 6.07) is 9.15. The molecule has 1 aromatic heterocycles. The lowest BCUT2D eigenvalue weighted by molar-refractivity contribution is -0.117. The third-order valence-electron chi connectivity index (χ3n) is 4.73. The van der Waals surface area contributed by atoms with Crippen molar-refractivity contribution in [3.63, 3.8) is 0 Å². The van der Waals surface area contributed by atoms with Gasteiger partial charge in [0.05, 0.1) is 24.9 Å². The van der Waals surface area contributed by atoms with Crippen LogP contribution in [-0.4, -0.2) is 36.8 Å². The molecular weight excluding hydrogens is 401 g/mol. The van der Waals surface area contributed by atoms with E-state index < -0.39 is 5.82 Å². The zero-order valence-corrected chi connectivity index (χ0v) is 16.4. The van der Waals surface area contributed by atoms with E-state index in [0.717, 1.165) is 0 Å². The first kappa shape index (κ1) is 19.2. The second kappa shape index (κ2) is 7.71. The third kappa shape index (κ3) is 3.75. The molecule has 1 fully saturated rings. The molecule has 0 saturated carbocycles. The molecule has 29 heavy (non-hydrogen) atoms. The lowest BCUT2D eigenvalue weighted by atomic mass is 10.1. The Morgan fingerprint density at radius 1 is 1.17 bits per heavy atom. The van der Waals surface area contributed by atoms with Gasteiger partial charge in [0.1, 0.15) is 17.3 Å². The second-order valence-electron chi connectivity index (χ2n) is 6.56. The lowest BCUT2D eigenvalue weighted by Gasteiger charge is -2.17. The van der Waals surface area contributed by atoms with Crippen LogP contribution in [0.25, 0.3) is 11.5 Å². The minimum atomic E-state index is -0.463. The van der Waals surface area contributed by atoms with E-state index in [1.54, 1.807) is 32.4 Å². The number of methoxy groups -OCH3 is 2. The zero-order chi connectivity index (χ0) is 20.5. The molecule has 3 aromatic rings. The van der Waals surface area contributed by atoms with Gasteiger partial charge in [0.15, 0.2) is 5.82 Å². The van der Waals surface area contributed by atoms with Gasteiger partial charge < -0.3 is 18.9 Å². The Bertz CT molecular complexity index is 1050. The molecule has 1 amide bonds. The largest absolute Gasteiger partial charge is 0.497 e. The highest BCUT2D eigenvalue weighted by Gasteiger charge is 2.35. The maximum atomic E-state index is 13.6. The fourth-order valence-electron chi connectivity index (χ4n) is 3.25. The Hall–Kier alpha value is -3.13. The zero-order valence-electron chi connectivity index (χ0n) is 15.7. The van der Waals surface area contributed by atoms with E-state index in [-0.39, 0.29) is 30.7 Å². The number of anilines is 1. The minimum absolute atomic E-state index is 0.174. The van der Waals surface area contributed by atoms with Gasteiger partial charge in [0, 0.05) is 30.5 Å². The van der Waals surface area contributed by atoms with Gasteiger partial charge in [-0.25, -0.2) is 4.39 Å². The Kier molecular flexibility index (Phi) is 5.10. The Morgan fingerprint density at radius 3 is 2.59 bits per heavy atom. The number of hydrogen-bond acceptors (Lipinski definition) is 6. The van der Waals surface area contributed by atoms with E-state index >= 15 is 0 Å². The number of benzene rings is 2.